The molecule has 560 valence electrons. The third kappa shape index (κ3) is 34.7. The summed E-state index contributed by atoms with van der Waals surface area (Å²) in [5, 5.41) is 11.6. The van der Waals surface area contributed by atoms with E-state index in [0.29, 0.717) is 39.5 Å². The molecule has 5 N–H and O–H groups in total. The molecule has 11 aromatic rings. The molecule has 12 rings (SSSR count). The Morgan fingerprint density at radius 3 is 1.38 bits per heavy atom. The predicted molar refractivity (Wildman–Crippen MR) is 379 cm³/mol. The van der Waals surface area contributed by atoms with Crippen LogP contribution in [-0.4, -0.2) is 160 Å². The number of nitrogens with one attached hydrogen (secondary N) is 1. The van der Waals surface area contributed by atoms with Crippen LogP contribution in [0.25, 0.3) is 33.8 Å². The van der Waals surface area contributed by atoms with Crippen LogP contribution in [0.15, 0.2) is 198 Å². The number of carbonyl (C=O) groups excluding carboxylic acids is 4. The number of carboxylic acids is 1. The summed E-state index contributed by atoms with van der Waals surface area (Å²) in [4.78, 5) is 109. The van der Waals surface area contributed by atoms with Gasteiger partial charge >= 0.3 is 70.5 Å². The van der Waals surface area contributed by atoms with Crippen molar-refractivity contribution in [3.05, 3.63) is 275 Å². The second-order valence-corrected chi connectivity index (χ2v) is 21.7. The number of nitrogen functional groups attached to an aromatic ring is 1. The number of nitrogens with zero attached hydrogens (tertiary/aromatic N) is 11. The summed E-state index contributed by atoms with van der Waals surface area (Å²) < 4.78 is 129. The van der Waals surface area contributed by atoms with Gasteiger partial charge in [-0.25, -0.2) is 50.5 Å². The summed E-state index contributed by atoms with van der Waals surface area (Å²) in [7, 11) is -1.49. The number of aromatic carboxylic acids is 1. The molecule has 10 aromatic heterocycles. The number of aryl methyl sites for hydroxylation is 1. The van der Waals surface area contributed by atoms with Crippen molar-refractivity contribution in [1.82, 2.24) is 54.0 Å². The number of esters is 2. The normalized spacial score (nSPS) is 10.5. The first-order valence-corrected chi connectivity index (χ1v) is 30.4. The number of nitrogens with two attached hydrogens (primary N) is 1. The SMILES string of the molecule is C.C.CC(=O)c1cncc(F)c1.COC(=O)CC(=O)c1cncc(F)c1.COC(C)=O.Cc1ccc(S(=O)(=O)O)cc1.Nc1ccc(F)cn1.O=C(O)c1cncc(F)c1.O=c1cc(-c2cncc(F)c2)nc2ccc(F)cn12.O=c1cc(-c2cncc(F)c2)nc2ccc(N3CCNCC3)cn12.[Br-].[CH3-].[H-].[Mg+2].[Na+]. The number of Topliss-reactive ketones (excluding diaryl/α,β-unsaturated/α-hetero) is 2. The number of piperazine rings is 1. The number of methoxy groups -OCH3 is 2. The first kappa shape index (κ1) is 98.9. The van der Waals surface area contributed by atoms with Gasteiger partial charge in [-0.15, -0.1) is 0 Å². The number of hydrogen-bond acceptors (Lipinski definition) is 22. The Bertz CT molecular complexity index is 4860. The molecule has 107 heavy (non-hydrogen) atoms. The molecule has 1 aromatic carbocycles. The molecule has 0 saturated carbocycles. The Morgan fingerprint density at radius 2 is 0.991 bits per heavy atom. The quantitative estimate of drug-likeness (QED) is 0.0297. The van der Waals surface area contributed by atoms with Gasteiger partial charge in [0.25, 0.3) is 21.2 Å². The van der Waals surface area contributed by atoms with E-state index in [1.54, 1.807) is 12.1 Å². The molecule has 1 aliphatic heterocycles. The maximum absolute atomic E-state index is 13.3. The van der Waals surface area contributed by atoms with E-state index in [1.165, 1.54) is 118 Å². The molecule has 0 aliphatic carbocycles. The number of halogens is 8. The van der Waals surface area contributed by atoms with Gasteiger partial charge in [0.15, 0.2) is 11.6 Å². The first-order chi connectivity index (χ1) is 47.9. The maximum atomic E-state index is 13.3. The summed E-state index contributed by atoms with van der Waals surface area (Å²) in [6.45, 7) is 8.24. The van der Waals surface area contributed by atoms with Gasteiger partial charge in [0, 0.05) is 111 Å². The van der Waals surface area contributed by atoms with Crippen molar-refractivity contribution in [2.24, 2.45) is 0 Å². The smallest absolute Gasteiger partial charge is 1.00 e. The fraction of sp³-hybridized carbons (Fsp3) is 0.171. The van der Waals surface area contributed by atoms with Crippen LogP contribution in [0.4, 0.5) is 42.2 Å². The van der Waals surface area contributed by atoms with Crippen molar-refractivity contribution in [1.29, 1.82) is 0 Å². The number of rotatable bonds is 9. The second kappa shape index (κ2) is 49.6. The summed E-state index contributed by atoms with van der Waals surface area (Å²) in [5.41, 5.74) is 9.10. The number of ether oxygens (including phenoxy) is 2. The number of carboxylic acid groups (broad SMARTS) is 1. The molecular weight excluding hydrogens is 1520 g/mol. The predicted octanol–water partition coefficient (Wildman–Crippen LogP) is 4.33. The van der Waals surface area contributed by atoms with Crippen LogP contribution in [-0.2, 0) is 29.2 Å². The van der Waals surface area contributed by atoms with E-state index >= 15 is 0 Å². The van der Waals surface area contributed by atoms with Crippen LogP contribution in [0.3, 0.4) is 0 Å². The van der Waals surface area contributed by atoms with E-state index in [1.807, 2.05) is 25.3 Å². The minimum absolute atomic E-state index is 0. The fourth-order valence-electron chi connectivity index (χ4n) is 7.78. The number of pyridine rings is 8. The van der Waals surface area contributed by atoms with Crippen molar-refractivity contribution in [3.8, 4) is 22.5 Å². The van der Waals surface area contributed by atoms with Crippen molar-refractivity contribution in [2.45, 2.75) is 46.9 Å². The largest absolute Gasteiger partial charge is 2.00 e. The Hall–Kier alpha value is -10.2. The van der Waals surface area contributed by atoms with Crippen LogP contribution in [0, 0.1) is 55.1 Å². The van der Waals surface area contributed by atoms with E-state index in [9.17, 15) is 72.7 Å². The summed E-state index contributed by atoms with van der Waals surface area (Å²) in [6.07, 6.45) is 15.3. The van der Waals surface area contributed by atoms with Crippen molar-refractivity contribution in [2.75, 3.05) is 51.0 Å². The van der Waals surface area contributed by atoms with Crippen molar-refractivity contribution < 1.29 is 130 Å². The number of fused-ring (bicyclic) bond motifs is 2. The Balaban J connectivity index is -0.00000120. The molecule has 0 amide bonds. The van der Waals surface area contributed by atoms with Crippen LogP contribution in [0.1, 0.15) is 73.2 Å². The number of ketones is 2. The zero-order valence-electron chi connectivity index (χ0n) is 57.9. The van der Waals surface area contributed by atoms with E-state index < -0.39 is 74.7 Å². The van der Waals surface area contributed by atoms with Crippen molar-refractivity contribution >= 4 is 85.4 Å². The van der Waals surface area contributed by atoms with Gasteiger partial charge in [0.2, 0.25) is 0 Å². The number of anilines is 2. The van der Waals surface area contributed by atoms with E-state index in [2.05, 4.69) is 59.6 Å². The number of aromatic nitrogens is 10. The molecule has 0 bridgehead atoms. The summed E-state index contributed by atoms with van der Waals surface area (Å²) in [5.74, 6) is -6.01. The zero-order chi connectivity index (χ0) is 74.3. The molecule has 1 aliphatic rings. The molecule has 0 atom stereocenters. The van der Waals surface area contributed by atoms with Gasteiger partial charge < -0.3 is 56.4 Å². The number of hydrogen-bond donors (Lipinski definition) is 4. The van der Waals surface area contributed by atoms with Gasteiger partial charge in [-0.1, -0.05) is 32.5 Å². The Kier molecular flexibility index (Phi) is 45.8. The van der Waals surface area contributed by atoms with Crippen LogP contribution >= 0.6 is 0 Å². The number of carbonyl (C=O) groups is 5. The minimum atomic E-state index is -4.02. The molecule has 26 nitrogen and oxygen atoms in total. The first-order valence-electron chi connectivity index (χ1n) is 28.9. The Morgan fingerprint density at radius 1 is 0.570 bits per heavy atom. The summed E-state index contributed by atoms with van der Waals surface area (Å²) in [6, 6.07) is 23.3. The van der Waals surface area contributed by atoms with Crippen LogP contribution in [0.5, 0.6) is 0 Å². The molecule has 1 saturated heterocycles. The molecule has 0 radical (unpaired) electrons. The van der Waals surface area contributed by atoms with Crippen LogP contribution in [0.2, 0.25) is 0 Å². The average molecular weight is 1600 g/mol. The second-order valence-electron chi connectivity index (χ2n) is 20.3. The molecule has 1 fully saturated rings. The molecular formula is C70H72BrF7MgN13NaO13S. The molecule has 0 unspecified atom stereocenters. The fourth-order valence-corrected chi connectivity index (χ4v) is 8.26. The molecule has 37 heteroatoms. The minimum Gasteiger partial charge on any atom is -1.00 e. The zero-order valence-corrected chi connectivity index (χ0v) is 62.7. The standard InChI is InChI=1S/C17H16FN5O.C13H7F2N3O.C9H8FNO3.C7H6FNO.C7H8O3S.C6H4FNO2.C5H5FN2.C3H6O2.2CH4.CH3.BrH.Mg.Na.H/c18-13-7-12(9-20-10-13)15-8-17(24)23-11-14(1-2-16(23)21-15)22-5-3-19-4-6-22;14-9-1-2-12-17-11(4-13(19)18(12)7-9)8-3-10(15)6-16-5-8;1-14-9(13)3-8(12)6-2-7(10)5-11-4-6;1-5(10)6-2-7(8)4-9-3-6;1-6-2-4-7(5-3-6)11(8,9)10;7-5-1-4(6(9)10)2-8-3-5;6-4-1-2-5(7)8-3-4;1-3(4)5-2;;;;;;;/h1-2,7-11,19H,3-6H2;1-7H;2,4-5H,3H2,1H3;2-4H,1H3;2-5H,1H3,(H,8,9,10);1-3H,(H,9,10);1-3H,(H2,7,8);1-2H3;2*1H4;1H3;1H;;;/q;;;;;;;;;;-1;;+2;+1;-1/p-1. The van der Waals surface area contributed by atoms with Gasteiger partial charge in [0.1, 0.15) is 64.3 Å². The number of benzene rings is 1. The third-order valence-electron chi connectivity index (χ3n) is 12.7. The van der Waals surface area contributed by atoms with E-state index in [-0.39, 0.29) is 138 Å². The Labute approximate surface area is 660 Å². The maximum Gasteiger partial charge on any atom is 2.00 e. The topological polar surface area (TPSA) is 366 Å². The summed E-state index contributed by atoms with van der Waals surface area (Å²) >= 11 is 0. The average Bonchev–Trinajstić information content (AvgIpc) is 0.803. The molecule has 0 spiro atoms. The van der Waals surface area contributed by atoms with E-state index in [0.717, 1.165) is 110 Å². The third-order valence-corrected chi connectivity index (χ3v) is 13.6. The van der Waals surface area contributed by atoms with Gasteiger partial charge in [0.05, 0.1) is 78.9 Å². The van der Waals surface area contributed by atoms with Gasteiger partial charge in [-0.3, -0.25) is 67.0 Å². The van der Waals surface area contributed by atoms with Gasteiger partial charge in [-0.2, -0.15) is 8.42 Å². The van der Waals surface area contributed by atoms with Crippen molar-refractivity contribution in [3.63, 3.8) is 0 Å². The molecule has 11 heterocycles. The van der Waals surface area contributed by atoms with E-state index in [4.69, 9.17) is 15.4 Å². The van der Waals surface area contributed by atoms with Gasteiger partial charge in [-0.05, 0) is 92.7 Å². The monoisotopic (exact) mass is 1590 g/mol. The van der Waals surface area contributed by atoms with Crippen LogP contribution < -0.4 is 73.6 Å².